The third kappa shape index (κ3) is 21.1. The summed E-state index contributed by atoms with van der Waals surface area (Å²) in [4.78, 5) is 11.2. The quantitative estimate of drug-likeness (QED) is 0.0282. The second-order valence-corrected chi connectivity index (χ2v) is 14.9. The monoisotopic (exact) mass is 1030 g/mol. The molecule has 0 aromatic heterocycles. The molecule has 2 aliphatic rings. The van der Waals surface area contributed by atoms with Crippen LogP contribution in [0.25, 0.3) is 33.6 Å². The molecule has 352 valence electrons. The Bertz CT molecular complexity index is 2520. The summed E-state index contributed by atoms with van der Waals surface area (Å²) >= 11 is 5.72. The molecule has 0 fully saturated rings. The molecule has 0 aliphatic carbocycles. The average molecular weight is 1030 g/mol. The van der Waals surface area contributed by atoms with Crippen molar-refractivity contribution in [3.8, 4) is 33.8 Å². The van der Waals surface area contributed by atoms with Crippen LogP contribution in [0, 0.1) is 0 Å². The number of alkyl halides is 4. The molecule has 0 saturated carbocycles. The van der Waals surface area contributed by atoms with Gasteiger partial charge in [-0.3, -0.25) is 24.8 Å². The number of ether oxygens (including phenoxy) is 1. The first-order valence-corrected chi connectivity index (χ1v) is 21.1. The van der Waals surface area contributed by atoms with Crippen molar-refractivity contribution in [1.29, 1.82) is 0 Å². The zero-order chi connectivity index (χ0) is 47.2. The van der Waals surface area contributed by atoms with Crippen LogP contribution in [0.4, 0.5) is 13.2 Å². The first kappa shape index (κ1) is 62.2. The summed E-state index contributed by atoms with van der Waals surface area (Å²) < 4.78 is 64.8. The molecule has 0 unspecified atom stereocenters. The number of hydrogen-bond acceptors (Lipinski definition) is 14. The Morgan fingerprint density at radius 1 is 0.632 bits per heavy atom. The summed E-state index contributed by atoms with van der Waals surface area (Å²) in [5.41, 5.74) is 9.95. The molecule has 0 amide bonds. The molecule has 6 aromatic carbocycles. The Balaban J connectivity index is 0.000000923. The van der Waals surface area contributed by atoms with E-state index in [0.717, 1.165) is 28.3 Å². The molecule has 2 aliphatic heterocycles. The van der Waals surface area contributed by atoms with Crippen molar-refractivity contribution < 1.29 is 155 Å². The van der Waals surface area contributed by atoms with Gasteiger partial charge in [-0.25, -0.2) is 8.42 Å². The van der Waals surface area contributed by atoms with Gasteiger partial charge >= 0.3 is 108 Å². The molecule has 0 bridgehead atoms. The number of aromatic hydroxyl groups is 1. The number of nitrogens with one attached hydrogen (secondary N) is 2. The van der Waals surface area contributed by atoms with E-state index in [0.29, 0.717) is 18.5 Å². The second-order valence-electron chi connectivity index (χ2n) is 13.3. The van der Waals surface area contributed by atoms with Crippen LogP contribution >= 0.6 is 11.6 Å². The Kier molecular flexibility index (Phi) is 29.4. The van der Waals surface area contributed by atoms with Gasteiger partial charge in [0.25, 0.3) is 6.47 Å². The van der Waals surface area contributed by atoms with Crippen LogP contribution in [0.3, 0.4) is 0 Å². The fourth-order valence-electron chi connectivity index (χ4n) is 5.70. The minimum absolute atomic E-state index is 0. The minimum Gasteiger partial charge on any atom is -1.00 e. The molecular formula is C47H49ClF3K2N6O8S-. The topological polar surface area (TPSA) is 173 Å². The van der Waals surface area contributed by atoms with Gasteiger partial charge in [-0.15, -0.1) is 22.7 Å². The summed E-state index contributed by atoms with van der Waals surface area (Å²) in [5, 5.41) is 25.2. The Morgan fingerprint density at radius 3 is 1.26 bits per heavy atom. The van der Waals surface area contributed by atoms with E-state index in [2.05, 4.69) is 64.5 Å². The number of phenols is 1. The number of carbonyl (C=O) groups is 1. The maximum absolute atomic E-state index is 10.7. The van der Waals surface area contributed by atoms with Crippen LogP contribution in [-0.2, 0) is 19.8 Å². The van der Waals surface area contributed by atoms with E-state index in [4.69, 9.17) is 44.5 Å². The van der Waals surface area contributed by atoms with Crippen LogP contribution in [0.1, 0.15) is 20.0 Å². The number of rotatable bonds is 9. The Labute approximate surface area is 486 Å². The standard InChI is InChI=1S/C22H21N3O.C12H10O.C10H12ClN3.CHF3O3S.CH2O3.CH4.2K.H/c1-24-22(20-10-6-3-7-11-20)16-25(23-24)17-26-21-14-12-19(13-15-21)18-8-4-2-5-9-18;13-12-8-6-11(7-9-12)10-4-2-1-3-5-10;1-13-10(7-14(8-11)12-13)9-5-3-2-4-6-9;2-1(3,4)8(5,6)7;2-1-4-3;;;;/h2-16,23H,17H2,1H3;1-9,13H;2-7,12H,8H2,1H3;(H,5,6,7);1,3H;1H4;;;/q;;;;;;2*+1;-1/p-2. The summed E-state index contributed by atoms with van der Waals surface area (Å²) in [6.07, 6.45) is 4.04. The van der Waals surface area contributed by atoms with Crippen LogP contribution in [-0.4, -0.2) is 76.9 Å². The van der Waals surface area contributed by atoms with Crippen molar-refractivity contribution in [2.24, 2.45) is 0 Å². The zero-order valence-electron chi connectivity index (χ0n) is 37.8. The zero-order valence-corrected chi connectivity index (χ0v) is 44.6. The number of nitrogens with zero attached hydrogens (tertiary/aromatic N) is 4. The largest absolute Gasteiger partial charge is 1.00 e. The smallest absolute Gasteiger partial charge is 1.00 e. The second kappa shape index (κ2) is 32.2. The van der Waals surface area contributed by atoms with Crippen molar-refractivity contribution in [2.75, 3.05) is 26.8 Å². The van der Waals surface area contributed by atoms with Crippen molar-refractivity contribution in [1.82, 2.24) is 31.1 Å². The third-order valence-corrected chi connectivity index (χ3v) is 9.56. The molecule has 68 heavy (non-hydrogen) atoms. The maximum atomic E-state index is 10.7. The fraction of sp³-hybridized carbons (Fsp3) is 0.128. The van der Waals surface area contributed by atoms with E-state index in [1.165, 1.54) is 22.3 Å². The predicted molar refractivity (Wildman–Crippen MR) is 247 cm³/mol. The molecule has 0 atom stereocenters. The van der Waals surface area contributed by atoms with E-state index in [-0.39, 0.29) is 118 Å². The van der Waals surface area contributed by atoms with Gasteiger partial charge in [0.1, 0.15) is 17.5 Å². The van der Waals surface area contributed by atoms with E-state index in [1.807, 2.05) is 156 Å². The number of carbonyl (C=O) groups excluding carboxylic acids is 1. The number of phenolic OH excluding ortho intramolecular Hbond substituents is 1. The minimum atomic E-state index is -6.09. The van der Waals surface area contributed by atoms with Crippen LogP contribution < -0.4 is 124 Å². The summed E-state index contributed by atoms with van der Waals surface area (Å²) in [6.45, 7) is 0.241. The van der Waals surface area contributed by atoms with Gasteiger partial charge in [0.2, 0.25) is 0 Å². The van der Waals surface area contributed by atoms with Gasteiger partial charge < -0.3 is 26.0 Å². The molecular weight excluding hydrogens is 979 g/mol. The van der Waals surface area contributed by atoms with Crippen molar-refractivity contribution in [3.63, 3.8) is 0 Å². The normalized spacial score (nSPS) is 12.4. The first-order valence-electron chi connectivity index (χ1n) is 19.1. The molecule has 0 saturated heterocycles. The molecule has 0 spiro atoms. The van der Waals surface area contributed by atoms with Gasteiger partial charge in [-0.1, -0.05) is 153 Å². The summed E-state index contributed by atoms with van der Waals surface area (Å²) in [6, 6.07) is 56.7. The molecule has 14 nitrogen and oxygen atoms in total. The Morgan fingerprint density at radius 2 is 0.941 bits per heavy atom. The van der Waals surface area contributed by atoms with Crippen LogP contribution in [0.15, 0.2) is 182 Å². The number of hydrogen-bond donors (Lipinski definition) is 3. The molecule has 8 rings (SSSR count). The Hall–Kier alpha value is -3.79. The van der Waals surface area contributed by atoms with E-state index >= 15 is 0 Å². The molecule has 0 radical (unpaired) electrons. The fourth-order valence-corrected chi connectivity index (χ4v) is 5.83. The van der Waals surface area contributed by atoms with Gasteiger partial charge in [-0.2, -0.15) is 13.2 Å². The van der Waals surface area contributed by atoms with E-state index < -0.39 is 15.6 Å². The molecule has 2 heterocycles. The van der Waals surface area contributed by atoms with Gasteiger partial charge in [0.05, 0.1) is 11.4 Å². The van der Waals surface area contributed by atoms with Gasteiger partial charge in [0, 0.05) is 37.6 Å². The van der Waals surface area contributed by atoms with Crippen LogP contribution in [0.2, 0.25) is 0 Å². The van der Waals surface area contributed by atoms with Crippen molar-refractivity contribution in [3.05, 3.63) is 193 Å². The number of benzene rings is 6. The molecule has 21 heteroatoms. The van der Waals surface area contributed by atoms with E-state index in [1.54, 1.807) is 12.1 Å². The molecule has 3 N–H and O–H groups in total. The van der Waals surface area contributed by atoms with Gasteiger partial charge in [-0.05, 0) is 46.5 Å². The van der Waals surface area contributed by atoms with Crippen molar-refractivity contribution >= 4 is 39.6 Å². The molecule has 6 aromatic rings. The summed E-state index contributed by atoms with van der Waals surface area (Å²) in [7, 11) is -2.13. The third-order valence-electron chi connectivity index (χ3n) is 8.73. The predicted octanol–water partition coefficient (Wildman–Crippen LogP) is 2.51. The average Bonchev–Trinajstić information content (AvgIpc) is 3.91. The first-order chi connectivity index (χ1) is 31.1. The van der Waals surface area contributed by atoms with Gasteiger partial charge in [0.15, 0.2) is 16.8 Å². The summed E-state index contributed by atoms with van der Waals surface area (Å²) in [5.74, 6) is 1.15. The number of hydrazine groups is 4. The number of halogens is 4. The van der Waals surface area contributed by atoms with E-state index in [9.17, 15) is 13.2 Å². The SMILES string of the molecule is C.CN1NN(CCl)C=C1c1ccccc1.CN1NN(COc2ccc(-c3ccccc3)cc2)C=C1c1ccccc1.O=CO[O-].O=S(=O)([O-])C(F)(F)F.Oc1ccc(-c2ccccc2)cc1.[H-].[K+].[K+]. The van der Waals surface area contributed by atoms with Crippen molar-refractivity contribution in [2.45, 2.75) is 12.9 Å². The maximum Gasteiger partial charge on any atom is 1.00 e. The van der Waals surface area contributed by atoms with Crippen LogP contribution in [0.5, 0.6) is 11.5 Å².